The average molecular weight is 629 g/mol. The van der Waals surface area contributed by atoms with Gasteiger partial charge in [-0.2, -0.15) is 0 Å². The van der Waals surface area contributed by atoms with Gasteiger partial charge in [0, 0.05) is 50.6 Å². The van der Waals surface area contributed by atoms with Gasteiger partial charge in [0.1, 0.15) is 17.4 Å². The molecule has 2 aromatic carbocycles. The number of fused-ring (bicyclic) bond motifs is 1. The molecule has 2 fully saturated rings. The third-order valence-electron chi connectivity index (χ3n) is 9.66. The normalized spacial score (nSPS) is 19.8. The molecule has 1 saturated heterocycles. The summed E-state index contributed by atoms with van der Waals surface area (Å²) in [6, 6.07) is 15.2. The van der Waals surface area contributed by atoms with Crippen LogP contribution in [-0.4, -0.2) is 56.6 Å². The van der Waals surface area contributed by atoms with E-state index in [1.165, 1.54) is 18.1 Å². The number of rotatable bonds is 10. The van der Waals surface area contributed by atoms with Crippen LogP contribution in [0.4, 0.5) is 10.3 Å². The van der Waals surface area contributed by atoms with Gasteiger partial charge in [-0.3, -0.25) is 4.79 Å². The number of anilines is 1. The van der Waals surface area contributed by atoms with Gasteiger partial charge in [0.05, 0.1) is 37.0 Å². The number of nitrogens with zero attached hydrogens (tertiary/aromatic N) is 6. The number of hydrogen-bond acceptors (Lipinski definition) is 6. The molecule has 0 bridgehead atoms. The highest BCUT2D eigenvalue weighted by atomic mass is 35.5. The minimum absolute atomic E-state index is 0.0242. The van der Waals surface area contributed by atoms with Crippen LogP contribution >= 0.6 is 11.6 Å². The number of amides is 1. The minimum Gasteiger partial charge on any atom is -0.493 e. The predicted molar refractivity (Wildman–Crippen MR) is 171 cm³/mol. The minimum atomic E-state index is -0.398. The molecule has 2 aliphatic heterocycles. The van der Waals surface area contributed by atoms with Crippen LogP contribution < -0.4 is 9.64 Å². The second-order valence-corrected chi connectivity index (χ2v) is 13.0. The zero-order valence-corrected chi connectivity index (χ0v) is 26.1. The molecule has 8 nitrogen and oxygen atoms in total. The van der Waals surface area contributed by atoms with Gasteiger partial charge in [0.2, 0.25) is 11.9 Å². The molecule has 0 N–H and O–H groups in total. The number of ether oxygens (including phenoxy) is 1. The summed E-state index contributed by atoms with van der Waals surface area (Å²) in [7, 11) is 0. The average Bonchev–Trinajstić information content (AvgIpc) is 3.74. The molecular weight excluding hydrogens is 591 g/mol. The van der Waals surface area contributed by atoms with Crippen molar-refractivity contribution in [3.8, 4) is 5.75 Å². The van der Waals surface area contributed by atoms with E-state index in [2.05, 4.69) is 36.6 Å². The van der Waals surface area contributed by atoms with Crippen LogP contribution in [0.3, 0.4) is 0 Å². The molecule has 1 amide bonds. The van der Waals surface area contributed by atoms with Crippen LogP contribution in [0.25, 0.3) is 0 Å². The maximum atomic E-state index is 15.0. The van der Waals surface area contributed by atoms with Gasteiger partial charge in [0.15, 0.2) is 0 Å². The fraction of sp³-hybridized carbons (Fsp3) is 0.429. The van der Waals surface area contributed by atoms with Crippen LogP contribution in [0.1, 0.15) is 48.3 Å². The number of carbonyl (C=O) groups excluding carboxylic acids is 1. The van der Waals surface area contributed by atoms with Crippen molar-refractivity contribution < 1.29 is 13.9 Å². The zero-order valence-electron chi connectivity index (χ0n) is 25.3. The van der Waals surface area contributed by atoms with E-state index >= 15 is 4.39 Å². The van der Waals surface area contributed by atoms with E-state index in [0.29, 0.717) is 48.5 Å². The summed E-state index contributed by atoms with van der Waals surface area (Å²) >= 11 is 5.92. The summed E-state index contributed by atoms with van der Waals surface area (Å²) < 4.78 is 23.2. The van der Waals surface area contributed by atoms with Gasteiger partial charge in [0.25, 0.3) is 0 Å². The van der Waals surface area contributed by atoms with Crippen LogP contribution in [-0.2, 0) is 30.7 Å². The van der Waals surface area contributed by atoms with E-state index in [1.807, 2.05) is 24.4 Å². The van der Waals surface area contributed by atoms with Crippen LogP contribution in [0, 0.1) is 23.6 Å². The van der Waals surface area contributed by atoms with Gasteiger partial charge >= 0.3 is 0 Å². The Bertz CT molecular complexity index is 1620. The number of halogens is 2. The third-order valence-corrected chi connectivity index (χ3v) is 9.86. The standard InChI is InChI=1S/C35H38ClFN6O2/c36-28-20-39-35(40-21-28)41-11-8-25(9-12-41)31-17-26(31)10-15-45-30-7-6-27(32(37)19-30)18-34(44)42-13-14-43-29(22-38-33(43)23-42)16-24-4-2-1-3-5-24/h1-7,19-22,25-26,31H,8-18,23H2/t26-,31?/m1/s1. The highest BCUT2D eigenvalue weighted by molar-refractivity contribution is 6.30. The Morgan fingerprint density at radius 1 is 0.978 bits per heavy atom. The smallest absolute Gasteiger partial charge is 0.227 e. The van der Waals surface area contributed by atoms with Gasteiger partial charge in [-0.1, -0.05) is 48.0 Å². The van der Waals surface area contributed by atoms with Crippen molar-refractivity contribution >= 4 is 23.5 Å². The van der Waals surface area contributed by atoms with E-state index in [-0.39, 0.29) is 12.3 Å². The maximum Gasteiger partial charge on any atom is 0.227 e. The highest BCUT2D eigenvalue weighted by Gasteiger charge is 2.43. The molecule has 234 valence electrons. The van der Waals surface area contributed by atoms with E-state index in [9.17, 15) is 4.79 Å². The highest BCUT2D eigenvalue weighted by Crippen LogP contribution is 2.50. The lowest BCUT2D eigenvalue weighted by Crippen LogP contribution is -2.39. The molecule has 45 heavy (non-hydrogen) atoms. The second-order valence-electron chi connectivity index (χ2n) is 12.5. The first-order valence-corrected chi connectivity index (χ1v) is 16.4. The Kier molecular flexibility index (Phi) is 8.70. The fourth-order valence-corrected chi connectivity index (χ4v) is 7.12. The second kappa shape index (κ2) is 13.2. The lowest BCUT2D eigenvalue weighted by atomic mass is 9.90. The number of carbonyl (C=O) groups is 1. The molecule has 7 rings (SSSR count). The van der Waals surface area contributed by atoms with Crippen molar-refractivity contribution in [1.29, 1.82) is 0 Å². The summed E-state index contributed by atoms with van der Waals surface area (Å²) in [6.07, 6.45) is 10.6. The van der Waals surface area contributed by atoms with Crippen molar-refractivity contribution in [2.45, 2.75) is 51.6 Å². The Morgan fingerprint density at radius 2 is 1.78 bits per heavy atom. The van der Waals surface area contributed by atoms with E-state index in [0.717, 1.165) is 68.1 Å². The lowest BCUT2D eigenvalue weighted by molar-refractivity contribution is -0.132. The maximum absolute atomic E-state index is 15.0. The molecule has 0 radical (unpaired) electrons. The first kappa shape index (κ1) is 29.7. The van der Waals surface area contributed by atoms with E-state index in [1.54, 1.807) is 29.4 Å². The lowest BCUT2D eigenvalue weighted by Gasteiger charge is -2.32. The molecule has 2 atom stereocenters. The summed E-state index contributed by atoms with van der Waals surface area (Å²) in [4.78, 5) is 30.4. The largest absolute Gasteiger partial charge is 0.493 e. The number of hydrogen-bond donors (Lipinski definition) is 0. The predicted octanol–water partition coefficient (Wildman–Crippen LogP) is 5.96. The SMILES string of the molecule is O=C(Cc1ccc(OCC[C@@H]2CC2C2CCN(c3ncc(Cl)cn3)CC2)cc1F)N1CCn2c(Cc3ccccc3)cnc2C1. The monoisotopic (exact) mass is 628 g/mol. The molecule has 3 aliphatic rings. The molecule has 1 aliphatic carbocycles. The summed E-state index contributed by atoms with van der Waals surface area (Å²) in [6.45, 7) is 4.23. The topological polar surface area (TPSA) is 76.4 Å². The molecule has 4 heterocycles. The van der Waals surface area contributed by atoms with E-state index < -0.39 is 5.82 Å². The van der Waals surface area contributed by atoms with Crippen LogP contribution in [0.2, 0.25) is 5.02 Å². The molecule has 0 spiro atoms. The molecular formula is C35H38ClFN6O2. The fourth-order valence-electron chi connectivity index (χ4n) is 7.02. The Morgan fingerprint density at radius 3 is 2.56 bits per heavy atom. The summed E-state index contributed by atoms with van der Waals surface area (Å²) in [5.74, 6) is 3.81. The van der Waals surface area contributed by atoms with Crippen molar-refractivity contribution in [2.24, 2.45) is 17.8 Å². The van der Waals surface area contributed by atoms with Gasteiger partial charge < -0.3 is 19.1 Å². The number of imidazole rings is 1. The van der Waals surface area contributed by atoms with Crippen molar-refractivity contribution in [3.63, 3.8) is 0 Å². The molecule has 4 aromatic rings. The number of benzene rings is 2. The van der Waals surface area contributed by atoms with Gasteiger partial charge in [-0.25, -0.2) is 19.3 Å². The molecule has 10 heteroatoms. The van der Waals surface area contributed by atoms with Gasteiger partial charge in [-0.05, 0) is 60.6 Å². The first-order chi connectivity index (χ1) is 22.0. The van der Waals surface area contributed by atoms with Crippen molar-refractivity contribution in [1.82, 2.24) is 24.4 Å². The Labute approximate surface area is 268 Å². The quantitative estimate of drug-likeness (QED) is 0.216. The summed E-state index contributed by atoms with van der Waals surface area (Å²) in [5.41, 5.74) is 2.77. The van der Waals surface area contributed by atoms with E-state index in [4.69, 9.17) is 16.3 Å². The van der Waals surface area contributed by atoms with Crippen LogP contribution in [0.15, 0.2) is 67.1 Å². The van der Waals surface area contributed by atoms with Gasteiger partial charge in [-0.15, -0.1) is 0 Å². The third kappa shape index (κ3) is 6.98. The van der Waals surface area contributed by atoms with Crippen molar-refractivity contribution in [2.75, 3.05) is 31.1 Å². The zero-order chi connectivity index (χ0) is 30.8. The number of aromatic nitrogens is 4. The van der Waals surface area contributed by atoms with Crippen molar-refractivity contribution in [3.05, 3.63) is 101 Å². The number of piperidine rings is 1. The molecule has 2 aromatic heterocycles. The Balaban J connectivity index is 0.841. The molecule has 1 unspecified atom stereocenters. The first-order valence-electron chi connectivity index (χ1n) is 16.0. The van der Waals surface area contributed by atoms with Crippen LogP contribution in [0.5, 0.6) is 5.75 Å². The molecule has 1 saturated carbocycles. The Hall–Kier alpha value is -3.98. The summed E-state index contributed by atoms with van der Waals surface area (Å²) in [5, 5.41) is 0.557.